The van der Waals surface area contributed by atoms with Gasteiger partial charge in [-0.1, -0.05) is 19.9 Å². The largest absolute Gasteiger partial charge is 0.299 e. The van der Waals surface area contributed by atoms with E-state index in [0.29, 0.717) is 35.2 Å². The monoisotopic (exact) mass is 286 g/mol. The molecule has 0 amide bonds. The van der Waals surface area contributed by atoms with Crippen molar-refractivity contribution in [2.45, 2.75) is 58.8 Å². The van der Waals surface area contributed by atoms with Gasteiger partial charge in [-0.2, -0.15) is 0 Å². The van der Waals surface area contributed by atoms with E-state index in [1.165, 1.54) is 12.8 Å². The molecule has 0 heterocycles. The van der Waals surface area contributed by atoms with Crippen LogP contribution in [0.5, 0.6) is 0 Å². The van der Waals surface area contributed by atoms with Crippen LogP contribution in [0.2, 0.25) is 0 Å². The first-order valence-corrected chi connectivity index (χ1v) is 8.72. The Kier molecular flexibility index (Phi) is 2.81. The molecule has 21 heavy (non-hydrogen) atoms. The van der Waals surface area contributed by atoms with Gasteiger partial charge in [0.2, 0.25) is 0 Å². The predicted molar refractivity (Wildman–Crippen MR) is 81.6 cm³/mol. The number of hydrogen-bond acceptors (Lipinski definition) is 2. The van der Waals surface area contributed by atoms with Gasteiger partial charge in [-0.25, -0.2) is 0 Å². The summed E-state index contributed by atoms with van der Waals surface area (Å²) in [7, 11) is 0. The Balaban J connectivity index is 1.72. The van der Waals surface area contributed by atoms with E-state index < -0.39 is 0 Å². The number of Topliss-reactive ketones (excluding diaryl/α,β-unsaturated/α-hetero) is 1. The molecule has 0 saturated heterocycles. The third kappa shape index (κ3) is 1.59. The molecular weight excluding hydrogens is 260 g/mol. The third-order valence-corrected chi connectivity index (χ3v) is 7.83. The van der Waals surface area contributed by atoms with Crippen molar-refractivity contribution in [3.05, 3.63) is 12.2 Å². The molecule has 0 aromatic carbocycles. The summed E-state index contributed by atoms with van der Waals surface area (Å²) in [5, 5.41) is 0. The molecule has 0 unspecified atom stereocenters. The van der Waals surface area contributed by atoms with E-state index in [0.717, 1.165) is 32.1 Å². The fraction of sp³-hybridized carbons (Fsp3) is 0.789. The van der Waals surface area contributed by atoms with Crippen LogP contribution in [-0.4, -0.2) is 11.6 Å². The van der Waals surface area contributed by atoms with Crippen LogP contribution < -0.4 is 0 Å². The zero-order chi connectivity index (χ0) is 14.8. The smallest absolute Gasteiger partial charge is 0.161 e. The number of carbonyl (C=O) groups excluding carboxylic acids is 2. The molecule has 3 fully saturated rings. The first-order chi connectivity index (χ1) is 9.98. The lowest BCUT2D eigenvalue weighted by Crippen LogP contribution is -2.55. The van der Waals surface area contributed by atoms with E-state index in [4.69, 9.17) is 0 Å². The van der Waals surface area contributed by atoms with Gasteiger partial charge >= 0.3 is 0 Å². The normalized spacial score (nSPS) is 52.3. The second-order valence-electron chi connectivity index (χ2n) is 8.35. The molecular formula is C19H26O2. The standard InChI is InChI=1S/C19H26O2/c1-18-11-10-15-13(14(18)8-9-16(18)20)7-6-12-4-3-5-17(21)19(12,15)2/h3,5,12-15H,4,6-11H2,1-2H3/t12-,13-,14-,15-,18+,19-/m1/s1. The summed E-state index contributed by atoms with van der Waals surface area (Å²) in [5.41, 5.74) is -0.220. The maximum atomic E-state index is 12.7. The van der Waals surface area contributed by atoms with Crippen molar-refractivity contribution in [3.63, 3.8) is 0 Å². The Morgan fingerprint density at radius 3 is 2.67 bits per heavy atom. The van der Waals surface area contributed by atoms with Crippen molar-refractivity contribution in [2.24, 2.45) is 34.5 Å². The molecule has 4 aliphatic carbocycles. The van der Waals surface area contributed by atoms with Gasteiger partial charge in [-0.3, -0.25) is 9.59 Å². The lowest BCUT2D eigenvalue weighted by Gasteiger charge is -2.57. The number of hydrogen-bond donors (Lipinski definition) is 0. The number of rotatable bonds is 0. The van der Waals surface area contributed by atoms with Gasteiger partial charge in [0, 0.05) is 17.3 Å². The number of carbonyl (C=O) groups is 2. The second kappa shape index (κ2) is 4.30. The minimum absolute atomic E-state index is 0.0715. The topological polar surface area (TPSA) is 34.1 Å². The molecule has 2 heteroatoms. The van der Waals surface area contributed by atoms with Gasteiger partial charge in [0.25, 0.3) is 0 Å². The highest BCUT2D eigenvalue weighted by Crippen LogP contribution is 2.64. The highest BCUT2D eigenvalue weighted by molar-refractivity contribution is 5.96. The van der Waals surface area contributed by atoms with Gasteiger partial charge in [-0.05, 0) is 68.3 Å². The second-order valence-corrected chi connectivity index (χ2v) is 8.35. The number of fused-ring (bicyclic) bond motifs is 5. The van der Waals surface area contributed by atoms with E-state index in [-0.39, 0.29) is 10.8 Å². The molecule has 4 aliphatic rings. The van der Waals surface area contributed by atoms with Gasteiger partial charge in [0.1, 0.15) is 5.78 Å². The molecule has 0 spiro atoms. The van der Waals surface area contributed by atoms with Crippen molar-refractivity contribution in [2.75, 3.05) is 0 Å². The lowest BCUT2D eigenvalue weighted by atomic mass is 9.46. The average molecular weight is 286 g/mol. The Morgan fingerprint density at radius 2 is 1.86 bits per heavy atom. The van der Waals surface area contributed by atoms with Gasteiger partial charge in [0.05, 0.1) is 0 Å². The van der Waals surface area contributed by atoms with E-state index in [2.05, 4.69) is 19.9 Å². The Hall–Kier alpha value is -0.920. The van der Waals surface area contributed by atoms with E-state index in [1.807, 2.05) is 6.08 Å². The fourth-order valence-electron chi connectivity index (χ4n) is 6.47. The minimum atomic E-state index is -0.148. The van der Waals surface area contributed by atoms with Gasteiger partial charge < -0.3 is 0 Å². The van der Waals surface area contributed by atoms with Crippen molar-refractivity contribution in [1.82, 2.24) is 0 Å². The lowest BCUT2D eigenvalue weighted by molar-refractivity contribution is -0.148. The van der Waals surface area contributed by atoms with Crippen molar-refractivity contribution >= 4 is 11.6 Å². The van der Waals surface area contributed by atoms with Crippen LogP contribution >= 0.6 is 0 Å². The third-order valence-electron chi connectivity index (χ3n) is 7.83. The van der Waals surface area contributed by atoms with Gasteiger partial charge in [-0.15, -0.1) is 0 Å². The molecule has 3 saturated carbocycles. The molecule has 0 radical (unpaired) electrons. The van der Waals surface area contributed by atoms with Crippen LogP contribution in [-0.2, 0) is 9.59 Å². The summed E-state index contributed by atoms with van der Waals surface area (Å²) in [6.45, 7) is 4.44. The van der Waals surface area contributed by atoms with Crippen LogP contribution in [0.1, 0.15) is 58.8 Å². The summed E-state index contributed by atoms with van der Waals surface area (Å²) in [4.78, 5) is 25.0. The summed E-state index contributed by atoms with van der Waals surface area (Å²) in [6.07, 6.45) is 11.3. The highest BCUT2D eigenvalue weighted by atomic mass is 16.1. The molecule has 0 N–H and O–H groups in total. The summed E-state index contributed by atoms with van der Waals surface area (Å²) < 4.78 is 0. The molecule has 0 aliphatic heterocycles. The maximum absolute atomic E-state index is 12.7. The molecule has 4 rings (SSSR count). The molecule has 2 nitrogen and oxygen atoms in total. The Bertz CT molecular complexity index is 534. The van der Waals surface area contributed by atoms with Crippen LogP contribution in [0.15, 0.2) is 12.2 Å². The van der Waals surface area contributed by atoms with Crippen LogP contribution in [0.4, 0.5) is 0 Å². The van der Waals surface area contributed by atoms with Crippen LogP contribution in [0, 0.1) is 34.5 Å². The van der Waals surface area contributed by atoms with Crippen molar-refractivity contribution < 1.29 is 9.59 Å². The highest BCUT2D eigenvalue weighted by Gasteiger charge is 2.61. The molecule has 0 aromatic rings. The average Bonchev–Trinajstić information content (AvgIpc) is 2.76. The zero-order valence-electron chi connectivity index (χ0n) is 13.2. The molecule has 0 bridgehead atoms. The molecule has 114 valence electrons. The van der Waals surface area contributed by atoms with E-state index >= 15 is 0 Å². The van der Waals surface area contributed by atoms with E-state index in [1.54, 1.807) is 0 Å². The SMILES string of the molecule is C[C@@]12C(=O)C=CC[C@@H]1CC[C@H]1[C@H]2CC[C@]2(C)C(=O)CC[C@H]12. The zero-order valence-corrected chi connectivity index (χ0v) is 13.2. The summed E-state index contributed by atoms with van der Waals surface area (Å²) in [6, 6.07) is 0. The number of ketones is 2. The van der Waals surface area contributed by atoms with Crippen molar-refractivity contribution in [3.8, 4) is 0 Å². The quantitative estimate of drug-likeness (QED) is 0.676. The summed E-state index contributed by atoms with van der Waals surface area (Å²) in [5.74, 6) is 3.05. The van der Waals surface area contributed by atoms with Crippen LogP contribution in [0.3, 0.4) is 0 Å². The Morgan fingerprint density at radius 1 is 1.05 bits per heavy atom. The van der Waals surface area contributed by atoms with Crippen molar-refractivity contribution in [1.29, 1.82) is 0 Å². The van der Waals surface area contributed by atoms with Crippen LogP contribution in [0.25, 0.3) is 0 Å². The molecule has 0 aromatic heterocycles. The Labute approximate surface area is 127 Å². The first kappa shape index (κ1) is 13.7. The van der Waals surface area contributed by atoms with Gasteiger partial charge in [0.15, 0.2) is 5.78 Å². The minimum Gasteiger partial charge on any atom is -0.299 e. The number of allylic oxidation sites excluding steroid dienone is 2. The van der Waals surface area contributed by atoms with E-state index in [9.17, 15) is 9.59 Å². The molecule has 6 atom stereocenters. The predicted octanol–water partition coefficient (Wildman–Crippen LogP) is 3.94. The fourth-order valence-corrected chi connectivity index (χ4v) is 6.47. The summed E-state index contributed by atoms with van der Waals surface area (Å²) >= 11 is 0. The first-order valence-electron chi connectivity index (χ1n) is 8.72. The maximum Gasteiger partial charge on any atom is 0.161 e.